The van der Waals surface area contributed by atoms with Crippen LogP contribution in [0.5, 0.6) is 0 Å². The van der Waals surface area contributed by atoms with Crippen LogP contribution in [-0.4, -0.2) is 4.98 Å². The van der Waals surface area contributed by atoms with Crippen molar-refractivity contribution < 1.29 is 4.57 Å². The number of nitrogens with one attached hydrogen (secondary N) is 1. The third kappa shape index (κ3) is 23.2. The number of unbranched alkanes of at least 4 members (excludes halogenated alkanes) is 26. The highest BCUT2D eigenvalue weighted by molar-refractivity contribution is 4.90. The van der Waals surface area contributed by atoms with Crippen LogP contribution in [-0.2, 0) is 0 Å². The second-order valence-corrected chi connectivity index (χ2v) is 14.4. The number of hydrogen-bond acceptors (Lipinski definition) is 0. The fourth-order valence-corrected chi connectivity index (χ4v) is 7.13. The van der Waals surface area contributed by atoms with Gasteiger partial charge in [0.05, 0.1) is 12.0 Å². The Morgan fingerprint density at radius 3 is 1.12 bits per heavy atom. The minimum atomic E-state index is 0.620. The molecule has 2 unspecified atom stereocenters. The Morgan fingerprint density at radius 1 is 0.442 bits per heavy atom. The first kappa shape index (κ1) is 40.2. The summed E-state index contributed by atoms with van der Waals surface area (Å²) in [7, 11) is 0. The Labute approximate surface area is 272 Å². The molecule has 2 nitrogen and oxygen atoms in total. The Bertz CT molecular complexity index is 664. The van der Waals surface area contributed by atoms with Crippen molar-refractivity contribution in [3.8, 4) is 0 Å². The van der Waals surface area contributed by atoms with E-state index < -0.39 is 0 Å². The molecule has 1 heterocycles. The van der Waals surface area contributed by atoms with Crippen molar-refractivity contribution in [2.24, 2.45) is 0 Å². The van der Waals surface area contributed by atoms with Crippen molar-refractivity contribution in [3.05, 3.63) is 18.2 Å². The van der Waals surface area contributed by atoms with Crippen molar-refractivity contribution in [1.29, 1.82) is 0 Å². The molecule has 1 aromatic heterocycles. The molecule has 0 spiro atoms. The molecule has 0 saturated heterocycles. The SMILES string of the molecule is CCCCCCCCCCCCCCCCCCC(CCCCCC)c1[nH]cc[n+]1C(C)CCCCCCCCCCC. The standard InChI is InChI=1S/C41H80N2/c1-5-8-11-14-16-18-19-20-21-22-23-24-26-28-30-33-36-40(35-32-13-10-7-3)41-42-37-38-43(41)39(4)34-31-29-27-25-17-15-12-9-6-2/h37-40H,5-36H2,1-4H3/p+1. The molecule has 2 atom stereocenters. The van der Waals surface area contributed by atoms with Crippen LogP contribution in [0.25, 0.3) is 0 Å². The van der Waals surface area contributed by atoms with Crippen molar-refractivity contribution in [3.63, 3.8) is 0 Å². The molecule has 0 aromatic carbocycles. The van der Waals surface area contributed by atoms with E-state index in [-0.39, 0.29) is 0 Å². The van der Waals surface area contributed by atoms with Gasteiger partial charge in [0, 0.05) is 0 Å². The molecule has 0 amide bonds. The molecule has 1 aromatic rings. The molecule has 0 aliphatic rings. The number of aromatic amines is 1. The highest BCUT2D eigenvalue weighted by atomic mass is 15.1. The summed E-state index contributed by atoms with van der Waals surface area (Å²) < 4.78 is 2.63. The molecular formula is C41H81N2+. The van der Waals surface area contributed by atoms with E-state index in [0.717, 1.165) is 0 Å². The molecule has 0 aliphatic carbocycles. The van der Waals surface area contributed by atoms with E-state index in [2.05, 4.69) is 49.6 Å². The topological polar surface area (TPSA) is 19.7 Å². The number of hydrogen-bond donors (Lipinski definition) is 1. The molecule has 2 heteroatoms. The maximum atomic E-state index is 3.73. The smallest absolute Gasteiger partial charge is 0.247 e. The molecule has 43 heavy (non-hydrogen) atoms. The molecule has 0 saturated carbocycles. The minimum absolute atomic E-state index is 0.620. The van der Waals surface area contributed by atoms with Crippen molar-refractivity contribution in [2.45, 2.75) is 245 Å². The zero-order valence-corrected chi connectivity index (χ0v) is 30.4. The molecular weight excluding hydrogens is 520 g/mol. The van der Waals surface area contributed by atoms with E-state index >= 15 is 0 Å². The van der Waals surface area contributed by atoms with Crippen molar-refractivity contribution in [1.82, 2.24) is 4.98 Å². The van der Waals surface area contributed by atoms with E-state index in [1.165, 1.54) is 211 Å². The van der Waals surface area contributed by atoms with Crippen LogP contribution in [0, 0.1) is 0 Å². The summed E-state index contributed by atoms with van der Waals surface area (Å²) in [5.74, 6) is 2.24. The van der Waals surface area contributed by atoms with Crippen LogP contribution in [0.15, 0.2) is 12.4 Å². The molecule has 0 bridgehead atoms. The summed E-state index contributed by atoms with van der Waals surface area (Å²) in [4.78, 5) is 3.73. The van der Waals surface area contributed by atoms with E-state index in [4.69, 9.17) is 0 Å². The second kappa shape index (κ2) is 31.2. The maximum absolute atomic E-state index is 3.73. The summed E-state index contributed by atoms with van der Waals surface area (Å²) in [5, 5.41) is 0. The quantitative estimate of drug-likeness (QED) is 0.0599. The van der Waals surface area contributed by atoms with Crippen LogP contribution in [0.2, 0.25) is 0 Å². The lowest BCUT2D eigenvalue weighted by atomic mass is 9.93. The van der Waals surface area contributed by atoms with E-state index in [1.807, 2.05) is 0 Å². The molecule has 0 fully saturated rings. The van der Waals surface area contributed by atoms with Crippen LogP contribution < -0.4 is 4.57 Å². The largest absolute Gasteiger partial charge is 0.257 e. The zero-order valence-electron chi connectivity index (χ0n) is 30.4. The van der Waals surface area contributed by atoms with Gasteiger partial charge in [0.25, 0.3) is 5.82 Å². The monoisotopic (exact) mass is 602 g/mol. The lowest BCUT2D eigenvalue weighted by Gasteiger charge is -2.17. The first-order valence-corrected chi connectivity index (χ1v) is 20.3. The van der Waals surface area contributed by atoms with Gasteiger partial charge in [0.2, 0.25) is 0 Å². The molecule has 254 valence electrons. The molecule has 0 radical (unpaired) electrons. The Hall–Kier alpha value is -0.790. The van der Waals surface area contributed by atoms with Gasteiger partial charge in [-0.3, -0.25) is 0 Å². The number of nitrogens with zero attached hydrogens (tertiary/aromatic N) is 1. The van der Waals surface area contributed by atoms with Gasteiger partial charge in [-0.15, -0.1) is 0 Å². The first-order chi connectivity index (χ1) is 21.2. The summed E-state index contributed by atoms with van der Waals surface area (Å²) >= 11 is 0. The van der Waals surface area contributed by atoms with Gasteiger partial charge in [0.1, 0.15) is 12.4 Å². The first-order valence-electron chi connectivity index (χ1n) is 20.3. The van der Waals surface area contributed by atoms with Crippen LogP contribution in [0.1, 0.15) is 251 Å². The lowest BCUT2D eigenvalue weighted by molar-refractivity contribution is -0.727. The third-order valence-electron chi connectivity index (χ3n) is 10.1. The van der Waals surface area contributed by atoms with Gasteiger partial charge >= 0.3 is 0 Å². The Balaban J connectivity index is 2.25. The number of imidazole rings is 1. The van der Waals surface area contributed by atoms with Crippen molar-refractivity contribution >= 4 is 0 Å². The third-order valence-corrected chi connectivity index (χ3v) is 10.1. The lowest BCUT2D eigenvalue weighted by Crippen LogP contribution is -2.41. The zero-order chi connectivity index (χ0) is 31.1. The van der Waals surface area contributed by atoms with Gasteiger partial charge in [0.15, 0.2) is 0 Å². The average molecular weight is 602 g/mol. The van der Waals surface area contributed by atoms with Gasteiger partial charge in [-0.25, -0.2) is 9.55 Å². The fraction of sp³-hybridized carbons (Fsp3) is 0.927. The highest BCUT2D eigenvalue weighted by Gasteiger charge is 2.25. The predicted molar refractivity (Wildman–Crippen MR) is 193 cm³/mol. The fourth-order valence-electron chi connectivity index (χ4n) is 7.13. The Morgan fingerprint density at radius 2 is 0.744 bits per heavy atom. The second-order valence-electron chi connectivity index (χ2n) is 14.4. The normalized spacial score (nSPS) is 13.1. The van der Waals surface area contributed by atoms with Gasteiger partial charge in [-0.05, 0) is 32.6 Å². The average Bonchev–Trinajstić information content (AvgIpc) is 3.51. The van der Waals surface area contributed by atoms with Gasteiger partial charge in [-0.1, -0.05) is 201 Å². The molecule has 0 aliphatic heterocycles. The van der Waals surface area contributed by atoms with Crippen LogP contribution in [0.3, 0.4) is 0 Å². The highest BCUT2D eigenvalue weighted by Crippen LogP contribution is 2.27. The molecule has 1 N–H and O–H groups in total. The number of rotatable bonds is 34. The van der Waals surface area contributed by atoms with E-state index in [0.29, 0.717) is 12.0 Å². The molecule has 1 rings (SSSR count). The number of aromatic nitrogens is 2. The van der Waals surface area contributed by atoms with Crippen LogP contribution in [0.4, 0.5) is 0 Å². The minimum Gasteiger partial charge on any atom is -0.247 e. The number of H-pyrrole nitrogens is 1. The van der Waals surface area contributed by atoms with E-state index in [1.54, 1.807) is 0 Å². The summed E-state index contributed by atoms with van der Waals surface area (Å²) in [6.07, 6.45) is 50.2. The van der Waals surface area contributed by atoms with Gasteiger partial charge in [-0.2, -0.15) is 0 Å². The summed E-state index contributed by atoms with van der Waals surface area (Å²) in [6, 6.07) is 0.620. The maximum Gasteiger partial charge on any atom is 0.257 e. The summed E-state index contributed by atoms with van der Waals surface area (Å²) in [6.45, 7) is 9.42. The van der Waals surface area contributed by atoms with Crippen LogP contribution >= 0.6 is 0 Å². The van der Waals surface area contributed by atoms with Gasteiger partial charge < -0.3 is 0 Å². The van der Waals surface area contributed by atoms with Crippen molar-refractivity contribution in [2.75, 3.05) is 0 Å². The Kier molecular flexibility index (Phi) is 29.2. The summed E-state index contributed by atoms with van der Waals surface area (Å²) in [5.41, 5.74) is 0. The predicted octanol–water partition coefficient (Wildman–Crippen LogP) is 14.5. The van der Waals surface area contributed by atoms with E-state index in [9.17, 15) is 0 Å².